The van der Waals surface area contributed by atoms with Gasteiger partial charge in [-0.05, 0) is 64.1 Å². The van der Waals surface area contributed by atoms with Gasteiger partial charge in [0.15, 0.2) is 0 Å². The largest absolute Gasteiger partial charge is 0.309 e. The van der Waals surface area contributed by atoms with Crippen LogP contribution in [0.2, 0.25) is 0 Å². The number of aromatic nitrogens is 1. The number of benzene rings is 6. The third-order valence-corrected chi connectivity index (χ3v) is 15.0. The van der Waals surface area contributed by atoms with Gasteiger partial charge in [0, 0.05) is 27.9 Å². The number of hydrogen-bond donors (Lipinski definition) is 0. The van der Waals surface area contributed by atoms with Crippen LogP contribution in [0.3, 0.4) is 0 Å². The van der Waals surface area contributed by atoms with Crippen LogP contribution in [-0.2, 0) is 17.2 Å². The Kier molecular flexibility index (Phi) is 7.29. The van der Waals surface area contributed by atoms with Gasteiger partial charge in [0.05, 0.1) is 11.0 Å². The summed E-state index contributed by atoms with van der Waals surface area (Å²) in [6.07, 6.45) is 6.16. The lowest BCUT2D eigenvalue weighted by molar-refractivity contribution is 0.346. The van der Waals surface area contributed by atoms with Gasteiger partial charge in [-0.2, -0.15) is 0 Å². The van der Waals surface area contributed by atoms with Gasteiger partial charge in [-0.15, -0.1) is 0 Å². The second-order valence-corrected chi connectivity index (χ2v) is 16.8. The van der Waals surface area contributed by atoms with Crippen LogP contribution in [0.4, 0.5) is 0 Å². The maximum absolute atomic E-state index is 6.65. The SMILES string of the molecule is S=P(c1ccccc1)(c1ccccc1)c1ccc(C2(c3ccc(-n4c5ccccc5c5ccccc54)cc3)CCCCC2)cc1. The third kappa shape index (κ3) is 4.71. The van der Waals surface area contributed by atoms with Crippen molar-refractivity contribution < 1.29 is 0 Å². The van der Waals surface area contributed by atoms with Crippen LogP contribution in [0.5, 0.6) is 0 Å². The molecule has 0 amide bonds. The molecular formula is C42H36NPS. The average Bonchev–Trinajstić information content (AvgIpc) is 3.47. The Balaban J connectivity index is 1.21. The number of hydrogen-bond acceptors (Lipinski definition) is 1. The van der Waals surface area contributed by atoms with Crippen molar-refractivity contribution in [3.63, 3.8) is 0 Å². The number of para-hydroxylation sites is 2. The predicted octanol–water partition coefficient (Wildman–Crippen LogP) is 9.79. The Morgan fingerprint density at radius 2 is 0.867 bits per heavy atom. The molecule has 0 atom stereocenters. The highest BCUT2D eigenvalue weighted by atomic mass is 32.4. The molecule has 0 aliphatic heterocycles. The van der Waals surface area contributed by atoms with Crippen molar-refractivity contribution in [1.29, 1.82) is 0 Å². The van der Waals surface area contributed by atoms with E-state index in [1.807, 2.05) is 0 Å². The minimum Gasteiger partial charge on any atom is -0.309 e. The molecule has 3 heteroatoms. The van der Waals surface area contributed by atoms with E-state index in [9.17, 15) is 0 Å². The topological polar surface area (TPSA) is 4.93 Å². The molecular weight excluding hydrogens is 582 g/mol. The molecule has 0 spiro atoms. The molecule has 0 saturated heterocycles. The summed E-state index contributed by atoms with van der Waals surface area (Å²) < 4.78 is 2.41. The van der Waals surface area contributed by atoms with Gasteiger partial charge in [-0.3, -0.25) is 0 Å². The van der Waals surface area contributed by atoms with Gasteiger partial charge in [0.1, 0.15) is 0 Å². The molecule has 0 radical (unpaired) electrons. The molecule has 1 heterocycles. The number of fused-ring (bicyclic) bond motifs is 3. The molecule has 45 heavy (non-hydrogen) atoms. The summed E-state index contributed by atoms with van der Waals surface area (Å²) in [5, 5.41) is 6.34. The van der Waals surface area contributed by atoms with E-state index in [2.05, 4.69) is 162 Å². The maximum atomic E-state index is 6.65. The van der Waals surface area contributed by atoms with E-state index in [4.69, 9.17) is 11.8 Å². The predicted molar refractivity (Wildman–Crippen MR) is 197 cm³/mol. The van der Waals surface area contributed by atoms with Crippen molar-refractivity contribution in [3.8, 4) is 5.69 Å². The zero-order valence-electron chi connectivity index (χ0n) is 25.3. The van der Waals surface area contributed by atoms with E-state index in [1.54, 1.807) is 0 Å². The molecule has 1 fully saturated rings. The monoisotopic (exact) mass is 617 g/mol. The number of nitrogens with zero attached hydrogens (tertiary/aromatic N) is 1. The van der Waals surface area contributed by atoms with Gasteiger partial charge in [-0.1, -0.05) is 165 Å². The molecule has 0 bridgehead atoms. The Bertz CT molecular complexity index is 2040. The summed E-state index contributed by atoms with van der Waals surface area (Å²) in [7, 11) is 0. The van der Waals surface area contributed by atoms with Gasteiger partial charge in [0.2, 0.25) is 0 Å². The molecule has 0 N–H and O–H groups in total. The standard InChI is InChI=1S/C42H36NPS/c45-44(35-14-4-1-5-15-35,36-16-6-2-7-17-36)37-28-24-33(25-29-37)42(30-12-3-13-31-42)32-22-26-34(27-23-32)43-40-20-10-8-18-38(40)39-19-9-11-21-41(39)43/h1-2,4-11,14-29H,3,12-13,30-31H2. The summed E-state index contributed by atoms with van der Waals surface area (Å²) >= 11 is 6.65. The fraction of sp³-hybridized carbons (Fsp3) is 0.143. The van der Waals surface area contributed by atoms with Crippen molar-refractivity contribution in [2.24, 2.45) is 0 Å². The van der Waals surface area contributed by atoms with Crippen molar-refractivity contribution in [2.75, 3.05) is 0 Å². The van der Waals surface area contributed by atoms with E-state index in [-0.39, 0.29) is 5.41 Å². The minimum absolute atomic E-state index is 0.0121. The normalized spacial score (nSPS) is 14.9. The third-order valence-electron chi connectivity index (χ3n) is 9.99. The Labute approximate surface area is 271 Å². The van der Waals surface area contributed by atoms with Crippen LogP contribution in [0.1, 0.15) is 43.2 Å². The lowest BCUT2D eigenvalue weighted by atomic mass is 9.65. The minimum atomic E-state index is -2.17. The van der Waals surface area contributed by atoms with Crippen molar-refractivity contribution in [3.05, 3.63) is 169 Å². The first-order valence-corrected chi connectivity index (χ1v) is 18.9. The van der Waals surface area contributed by atoms with Crippen LogP contribution in [0, 0.1) is 0 Å². The summed E-state index contributed by atoms with van der Waals surface area (Å²) in [5.74, 6) is 0. The fourth-order valence-electron chi connectivity index (χ4n) is 7.74. The van der Waals surface area contributed by atoms with Gasteiger partial charge >= 0.3 is 0 Å². The highest BCUT2D eigenvalue weighted by Crippen LogP contribution is 2.47. The van der Waals surface area contributed by atoms with E-state index in [0.717, 1.165) is 0 Å². The average molecular weight is 618 g/mol. The first-order chi connectivity index (χ1) is 22.2. The van der Waals surface area contributed by atoms with E-state index < -0.39 is 6.04 Å². The lowest BCUT2D eigenvalue weighted by Crippen LogP contribution is -2.31. The van der Waals surface area contributed by atoms with Crippen LogP contribution in [-0.4, -0.2) is 4.57 Å². The summed E-state index contributed by atoms with van der Waals surface area (Å²) in [6, 6.07) is 55.8. The zero-order valence-corrected chi connectivity index (χ0v) is 27.1. The van der Waals surface area contributed by atoms with Crippen LogP contribution < -0.4 is 15.9 Å². The molecule has 6 aromatic carbocycles. The smallest absolute Gasteiger partial charge is 0.0541 e. The molecule has 1 aliphatic carbocycles. The highest BCUT2D eigenvalue weighted by molar-refractivity contribution is 8.25. The molecule has 220 valence electrons. The second kappa shape index (κ2) is 11.6. The zero-order chi connectivity index (χ0) is 30.3. The van der Waals surface area contributed by atoms with Crippen molar-refractivity contribution in [2.45, 2.75) is 37.5 Å². The fourth-order valence-corrected chi connectivity index (χ4v) is 11.5. The summed E-state index contributed by atoms with van der Waals surface area (Å²) in [5.41, 5.74) is 6.56. The van der Waals surface area contributed by atoms with E-state index in [0.29, 0.717) is 0 Å². The lowest BCUT2D eigenvalue weighted by Gasteiger charge is -2.39. The quantitative estimate of drug-likeness (QED) is 0.168. The second-order valence-electron chi connectivity index (χ2n) is 12.4. The molecule has 0 unspecified atom stereocenters. The van der Waals surface area contributed by atoms with Gasteiger partial charge in [0.25, 0.3) is 0 Å². The van der Waals surface area contributed by atoms with Crippen LogP contribution in [0.25, 0.3) is 27.5 Å². The van der Waals surface area contributed by atoms with Gasteiger partial charge < -0.3 is 4.57 Å². The van der Waals surface area contributed by atoms with Gasteiger partial charge in [-0.25, -0.2) is 0 Å². The molecule has 8 rings (SSSR count). The molecule has 1 aromatic heterocycles. The molecule has 7 aromatic rings. The Morgan fingerprint density at radius 3 is 1.38 bits per heavy atom. The van der Waals surface area contributed by atoms with E-state index in [1.165, 1.54) is 86.6 Å². The number of rotatable bonds is 6. The highest BCUT2D eigenvalue weighted by Gasteiger charge is 2.36. The summed E-state index contributed by atoms with van der Waals surface area (Å²) in [4.78, 5) is 0. The molecule has 1 nitrogen and oxygen atoms in total. The van der Waals surface area contributed by atoms with Crippen LogP contribution in [0.15, 0.2) is 158 Å². The Morgan fingerprint density at radius 1 is 0.444 bits per heavy atom. The van der Waals surface area contributed by atoms with Crippen LogP contribution >= 0.6 is 6.04 Å². The molecule has 1 aliphatic rings. The Hall–Kier alpha value is -4.23. The first kappa shape index (κ1) is 28.3. The molecule has 1 saturated carbocycles. The first-order valence-electron chi connectivity index (χ1n) is 16.1. The maximum Gasteiger partial charge on any atom is 0.0541 e. The van der Waals surface area contributed by atoms with Crippen molar-refractivity contribution in [1.82, 2.24) is 4.57 Å². The van der Waals surface area contributed by atoms with Crippen molar-refractivity contribution >= 4 is 55.6 Å². The summed E-state index contributed by atoms with van der Waals surface area (Å²) in [6.45, 7) is 0. The van der Waals surface area contributed by atoms with E-state index >= 15 is 0 Å².